The summed E-state index contributed by atoms with van der Waals surface area (Å²) in [5.74, 6) is 0. The quantitative estimate of drug-likeness (QED) is 0.804. The van der Waals surface area contributed by atoms with Crippen molar-refractivity contribution >= 4 is 0 Å². The third-order valence-corrected chi connectivity index (χ3v) is 4.51. The second-order valence-corrected chi connectivity index (χ2v) is 5.78. The molecule has 1 aromatic rings. The van der Waals surface area contributed by atoms with Gasteiger partial charge in [0.2, 0.25) is 0 Å². The minimum atomic E-state index is 0.119. The first-order valence-electron chi connectivity index (χ1n) is 7.54. The first kappa shape index (κ1) is 14.5. The molecule has 0 amide bonds. The molecule has 1 aromatic carbocycles. The molecule has 1 aliphatic rings. The molecular formula is C17H27NO. The van der Waals surface area contributed by atoms with Crippen molar-refractivity contribution in [1.29, 1.82) is 0 Å². The largest absolute Gasteiger partial charge is 0.378 e. The van der Waals surface area contributed by atoms with Gasteiger partial charge in [0, 0.05) is 13.2 Å². The number of rotatable bonds is 7. The Bertz CT molecular complexity index is 392. The molecule has 19 heavy (non-hydrogen) atoms. The van der Waals surface area contributed by atoms with E-state index in [0.717, 1.165) is 6.42 Å². The molecule has 1 fully saturated rings. The molecule has 0 radical (unpaired) electrons. The Morgan fingerprint density at radius 3 is 2.68 bits per heavy atom. The molecular weight excluding hydrogens is 234 g/mol. The van der Waals surface area contributed by atoms with E-state index in [1.54, 1.807) is 0 Å². The normalized spacial score (nSPS) is 18.9. The monoisotopic (exact) mass is 261 g/mol. The molecule has 2 rings (SSSR count). The van der Waals surface area contributed by atoms with Crippen molar-refractivity contribution < 1.29 is 4.74 Å². The van der Waals surface area contributed by atoms with E-state index in [-0.39, 0.29) is 5.60 Å². The van der Waals surface area contributed by atoms with Gasteiger partial charge >= 0.3 is 0 Å². The first-order chi connectivity index (χ1) is 9.23. The number of methoxy groups -OCH3 is 1. The maximum atomic E-state index is 5.77. The van der Waals surface area contributed by atoms with E-state index in [2.05, 4.69) is 43.6 Å². The second kappa shape index (κ2) is 6.53. The van der Waals surface area contributed by atoms with E-state index in [4.69, 9.17) is 4.74 Å². The topological polar surface area (TPSA) is 21.3 Å². The Morgan fingerprint density at radius 1 is 1.37 bits per heavy atom. The summed E-state index contributed by atoms with van der Waals surface area (Å²) in [6, 6.07) is 9.41. The van der Waals surface area contributed by atoms with Gasteiger partial charge in [-0.2, -0.15) is 0 Å². The molecule has 2 nitrogen and oxygen atoms in total. The van der Waals surface area contributed by atoms with Crippen molar-refractivity contribution in [3.05, 3.63) is 35.4 Å². The van der Waals surface area contributed by atoms with E-state index >= 15 is 0 Å². The van der Waals surface area contributed by atoms with Crippen molar-refractivity contribution in [2.75, 3.05) is 14.2 Å². The molecule has 1 atom stereocenters. The van der Waals surface area contributed by atoms with Gasteiger partial charge in [-0.25, -0.2) is 0 Å². The number of aryl methyl sites for hydroxylation is 1. The molecule has 0 saturated heterocycles. The fourth-order valence-corrected chi connectivity index (χ4v) is 3.08. The highest BCUT2D eigenvalue weighted by Crippen LogP contribution is 2.41. The Kier molecular flexibility index (Phi) is 5.00. The van der Waals surface area contributed by atoms with Gasteiger partial charge < -0.3 is 10.1 Å². The van der Waals surface area contributed by atoms with E-state index in [9.17, 15) is 0 Å². The predicted octanol–water partition coefficient (Wildman–Crippen LogP) is 3.86. The second-order valence-electron chi connectivity index (χ2n) is 5.78. The van der Waals surface area contributed by atoms with Gasteiger partial charge in [0.25, 0.3) is 0 Å². The average Bonchev–Trinajstić information content (AvgIpc) is 2.39. The molecule has 0 bridgehead atoms. The fourth-order valence-electron chi connectivity index (χ4n) is 3.08. The van der Waals surface area contributed by atoms with Crippen molar-refractivity contribution in [2.45, 2.75) is 57.1 Å². The van der Waals surface area contributed by atoms with Crippen LogP contribution < -0.4 is 5.32 Å². The lowest BCUT2D eigenvalue weighted by Gasteiger charge is -2.43. The van der Waals surface area contributed by atoms with Crippen LogP contribution in [-0.2, 0) is 11.2 Å². The van der Waals surface area contributed by atoms with Crippen molar-refractivity contribution in [2.24, 2.45) is 0 Å². The van der Waals surface area contributed by atoms with Crippen LogP contribution in [0, 0.1) is 0 Å². The van der Waals surface area contributed by atoms with Crippen LogP contribution in [0.15, 0.2) is 24.3 Å². The summed E-state index contributed by atoms with van der Waals surface area (Å²) in [7, 11) is 3.92. The highest BCUT2D eigenvalue weighted by Gasteiger charge is 2.39. The first-order valence-corrected chi connectivity index (χ1v) is 7.54. The van der Waals surface area contributed by atoms with Crippen LogP contribution in [-0.4, -0.2) is 19.8 Å². The third kappa shape index (κ3) is 3.37. The van der Waals surface area contributed by atoms with Crippen molar-refractivity contribution in [3.63, 3.8) is 0 Å². The van der Waals surface area contributed by atoms with Gasteiger partial charge in [0.15, 0.2) is 0 Å². The summed E-state index contributed by atoms with van der Waals surface area (Å²) in [5, 5.41) is 3.47. The Hall–Kier alpha value is -0.860. The van der Waals surface area contributed by atoms with Crippen molar-refractivity contribution in [3.8, 4) is 0 Å². The van der Waals surface area contributed by atoms with Crippen LogP contribution in [0.25, 0.3) is 0 Å². The van der Waals surface area contributed by atoms with Crippen LogP contribution in [0.4, 0.5) is 0 Å². The van der Waals surface area contributed by atoms with Crippen molar-refractivity contribution in [1.82, 2.24) is 5.32 Å². The Balaban J connectivity index is 2.10. The molecule has 1 saturated carbocycles. The van der Waals surface area contributed by atoms with E-state index in [0.29, 0.717) is 6.04 Å². The summed E-state index contributed by atoms with van der Waals surface area (Å²) in [5.41, 5.74) is 2.96. The van der Waals surface area contributed by atoms with E-state index in [1.165, 1.54) is 43.2 Å². The summed E-state index contributed by atoms with van der Waals surface area (Å²) < 4.78 is 5.77. The molecule has 0 spiro atoms. The molecule has 1 unspecified atom stereocenters. The summed E-state index contributed by atoms with van der Waals surface area (Å²) >= 11 is 0. The fraction of sp³-hybridized carbons (Fsp3) is 0.647. The van der Waals surface area contributed by atoms with E-state index < -0.39 is 0 Å². The van der Waals surface area contributed by atoms with Crippen LogP contribution in [0.2, 0.25) is 0 Å². The van der Waals surface area contributed by atoms with Crippen LogP contribution in [0.1, 0.15) is 56.2 Å². The molecule has 2 heteroatoms. The van der Waals surface area contributed by atoms with Gasteiger partial charge in [-0.15, -0.1) is 0 Å². The summed E-state index contributed by atoms with van der Waals surface area (Å²) in [6.07, 6.45) is 7.16. The highest BCUT2D eigenvalue weighted by molar-refractivity contribution is 5.26. The minimum absolute atomic E-state index is 0.119. The number of benzene rings is 1. The third-order valence-electron chi connectivity index (χ3n) is 4.51. The summed E-state index contributed by atoms with van der Waals surface area (Å²) in [6.45, 7) is 2.23. The predicted molar refractivity (Wildman–Crippen MR) is 80.4 cm³/mol. The molecule has 0 heterocycles. The number of ether oxygens (including phenoxy) is 1. The number of hydrogen-bond acceptors (Lipinski definition) is 2. The lowest BCUT2D eigenvalue weighted by molar-refractivity contribution is -0.0834. The molecule has 0 aromatic heterocycles. The smallest absolute Gasteiger partial charge is 0.0697 e. The molecule has 1 aliphatic carbocycles. The summed E-state index contributed by atoms with van der Waals surface area (Å²) in [4.78, 5) is 0. The van der Waals surface area contributed by atoms with Crippen LogP contribution in [0.3, 0.4) is 0 Å². The molecule has 1 N–H and O–H groups in total. The van der Waals surface area contributed by atoms with Gasteiger partial charge in [0.1, 0.15) is 0 Å². The van der Waals surface area contributed by atoms with Gasteiger partial charge in [0.05, 0.1) is 5.60 Å². The minimum Gasteiger partial charge on any atom is -0.378 e. The molecule has 0 aliphatic heterocycles. The zero-order valence-electron chi connectivity index (χ0n) is 12.5. The molecule has 106 valence electrons. The SMILES string of the molecule is CCCc1cccc(C(CC2(OC)CCC2)NC)c1. The van der Waals surface area contributed by atoms with Crippen LogP contribution in [0.5, 0.6) is 0 Å². The lowest BCUT2D eigenvalue weighted by atomic mass is 9.74. The van der Waals surface area contributed by atoms with Gasteiger partial charge in [-0.3, -0.25) is 0 Å². The zero-order valence-corrected chi connectivity index (χ0v) is 12.5. The van der Waals surface area contributed by atoms with E-state index in [1.807, 2.05) is 7.11 Å². The standard InChI is InChI=1S/C17H27NO/c1-4-7-14-8-5-9-15(12-14)16(18-2)13-17(19-3)10-6-11-17/h5,8-9,12,16,18H,4,6-7,10-11,13H2,1-3H3. The lowest BCUT2D eigenvalue weighted by Crippen LogP contribution is -2.42. The number of nitrogens with one attached hydrogen (secondary N) is 1. The van der Waals surface area contributed by atoms with Gasteiger partial charge in [-0.05, 0) is 50.3 Å². The Labute approximate surface area is 117 Å². The van der Waals surface area contributed by atoms with Crippen LogP contribution >= 0.6 is 0 Å². The maximum absolute atomic E-state index is 5.77. The number of hydrogen-bond donors (Lipinski definition) is 1. The Morgan fingerprint density at radius 2 is 2.16 bits per heavy atom. The average molecular weight is 261 g/mol. The zero-order chi connectivity index (χ0) is 13.7. The highest BCUT2D eigenvalue weighted by atomic mass is 16.5. The van der Waals surface area contributed by atoms with Gasteiger partial charge in [-0.1, -0.05) is 37.6 Å². The maximum Gasteiger partial charge on any atom is 0.0697 e.